The lowest BCUT2D eigenvalue weighted by Crippen LogP contribution is -2.12. The standard InChI is InChI=1S/C20H18O6/c1-2-23-17-6-4-3-5-14(17)8-10-20(22)24-12-16(21)15-7-9-18-19(11-15)26-13-25-18/h3-11H,2,12-13H2,1H3/b10-8+. The first-order valence-corrected chi connectivity index (χ1v) is 8.17. The first-order valence-electron chi connectivity index (χ1n) is 8.17. The van der Waals surface area contributed by atoms with Gasteiger partial charge in [0.05, 0.1) is 6.61 Å². The second kappa shape index (κ2) is 8.20. The number of fused-ring (bicyclic) bond motifs is 1. The first kappa shape index (κ1) is 17.5. The van der Waals surface area contributed by atoms with Crippen LogP contribution in [0.15, 0.2) is 48.5 Å². The molecule has 0 atom stereocenters. The number of esters is 1. The van der Waals surface area contributed by atoms with Gasteiger partial charge in [-0.2, -0.15) is 0 Å². The number of ether oxygens (including phenoxy) is 4. The summed E-state index contributed by atoms with van der Waals surface area (Å²) in [4.78, 5) is 24.0. The Morgan fingerprint density at radius 3 is 2.77 bits per heavy atom. The summed E-state index contributed by atoms with van der Waals surface area (Å²) >= 11 is 0. The summed E-state index contributed by atoms with van der Waals surface area (Å²) in [6.45, 7) is 2.20. The smallest absolute Gasteiger partial charge is 0.331 e. The van der Waals surface area contributed by atoms with Crippen LogP contribution in [0.2, 0.25) is 0 Å². The van der Waals surface area contributed by atoms with Crippen molar-refractivity contribution < 1.29 is 28.5 Å². The maximum atomic E-state index is 12.1. The number of carbonyl (C=O) groups excluding carboxylic acids is 2. The average molecular weight is 354 g/mol. The van der Waals surface area contributed by atoms with Crippen molar-refractivity contribution in [2.24, 2.45) is 0 Å². The van der Waals surface area contributed by atoms with E-state index in [1.165, 1.54) is 6.08 Å². The van der Waals surface area contributed by atoms with E-state index in [0.717, 1.165) is 5.56 Å². The summed E-state index contributed by atoms with van der Waals surface area (Å²) in [6, 6.07) is 12.2. The molecule has 0 unspecified atom stereocenters. The summed E-state index contributed by atoms with van der Waals surface area (Å²) in [5.41, 5.74) is 1.15. The maximum Gasteiger partial charge on any atom is 0.331 e. The molecule has 1 aliphatic rings. The minimum absolute atomic E-state index is 0.135. The van der Waals surface area contributed by atoms with Crippen LogP contribution in [0, 0.1) is 0 Å². The third kappa shape index (κ3) is 4.22. The van der Waals surface area contributed by atoms with E-state index in [9.17, 15) is 9.59 Å². The average Bonchev–Trinajstić information content (AvgIpc) is 3.13. The van der Waals surface area contributed by atoms with Gasteiger partial charge in [-0.15, -0.1) is 0 Å². The molecule has 0 aliphatic carbocycles. The van der Waals surface area contributed by atoms with Gasteiger partial charge in [0.1, 0.15) is 5.75 Å². The SMILES string of the molecule is CCOc1ccccc1/C=C/C(=O)OCC(=O)c1ccc2c(c1)OCO2. The fraction of sp³-hybridized carbons (Fsp3) is 0.200. The van der Waals surface area contributed by atoms with Gasteiger partial charge in [-0.25, -0.2) is 4.79 Å². The lowest BCUT2D eigenvalue weighted by Gasteiger charge is -2.06. The number of rotatable bonds is 7. The number of para-hydroxylation sites is 1. The van der Waals surface area contributed by atoms with Crippen LogP contribution < -0.4 is 14.2 Å². The van der Waals surface area contributed by atoms with Gasteiger partial charge in [0, 0.05) is 17.2 Å². The molecule has 0 radical (unpaired) electrons. The van der Waals surface area contributed by atoms with Crippen molar-refractivity contribution >= 4 is 17.8 Å². The molecule has 1 aliphatic heterocycles. The molecule has 0 spiro atoms. The predicted octanol–water partition coefficient (Wildman–Crippen LogP) is 3.25. The summed E-state index contributed by atoms with van der Waals surface area (Å²) in [5.74, 6) is 0.852. The van der Waals surface area contributed by atoms with Crippen molar-refractivity contribution in [1.82, 2.24) is 0 Å². The monoisotopic (exact) mass is 354 g/mol. The number of Topliss-reactive ketones (excluding diaryl/α,β-unsaturated/α-hetero) is 1. The van der Waals surface area contributed by atoms with E-state index in [1.54, 1.807) is 24.3 Å². The van der Waals surface area contributed by atoms with Crippen molar-refractivity contribution in [1.29, 1.82) is 0 Å². The Bertz CT molecular complexity index is 840. The van der Waals surface area contributed by atoms with Crippen LogP contribution in [0.5, 0.6) is 17.2 Å². The molecule has 2 aromatic rings. The highest BCUT2D eigenvalue weighted by Gasteiger charge is 2.16. The number of hydrogen-bond donors (Lipinski definition) is 0. The molecule has 0 saturated carbocycles. The zero-order valence-electron chi connectivity index (χ0n) is 14.3. The summed E-state index contributed by atoms with van der Waals surface area (Å²) in [5, 5.41) is 0. The molecule has 6 nitrogen and oxygen atoms in total. The minimum Gasteiger partial charge on any atom is -0.493 e. The maximum absolute atomic E-state index is 12.1. The topological polar surface area (TPSA) is 71.1 Å². The van der Waals surface area contributed by atoms with Gasteiger partial charge in [0.25, 0.3) is 0 Å². The fourth-order valence-electron chi connectivity index (χ4n) is 2.40. The first-order chi connectivity index (χ1) is 12.7. The molecule has 1 heterocycles. The Balaban J connectivity index is 1.56. The van der Waals surface area contributed by atoms with E-state index in [1.807, 2.05) is 31.2 Å². The molecule has 0 bridgehead atoms. The predicted molar refractivity (Wildman–Crippen MR) is 94.5 cm³/mol. The number of hydrogen-bond acceptors (Lipinski definition) is 6. The molecule has 2 aromatic carbocycles. The summed E-state index contributed by atoms with van der Waals surface area (Å²) in [6.07, 6.45) is 2.86. The van der Waals surface area contributed by atoms with Gasteiger partial charge in [0.15, 0.2) is 23.9 Å². The van der Waals surface area contributed by atoms with Gasteiger partial charge in [-0.3, -0.25) is 4.79 Å². The Morgan fingerprint density at radius 1 is 1.12 bits per heavy atom. The lowest BCUT2D eigenvalue weighted by molar-refractivity contribution is -0.136. The summed E-state index contributed by atoms with van der Waals surface area (Å²) < 4.78 is 20.9. The van der Waals surface area contributed by atoms with Crippen LogP contribution in [0.3, 0.4) is 0 Å². The van der Waals surface area contributed by atoms with Crippen LogP contribution in [0.4, 0.5) is 0 Å². The highest BCUT2D eigenvalue weighted by atomic mass is 16.7. The Hall–Kier alpha value is -3.28. The fourth-order valence-corrected chi connectivity index (χ4v) is 2.40. The van der Waals surface area contributed by atoms with Gasteiger partial charge in [-0.1, -0.05) is 18.2 Å². The van der Waals surface area contributed by atoms with Gasteiger partial charge in [-0.05, 0) is 37.3 Å². The van der Waals surface area contributed by atoms with Crippen LogP contribution in [0.1, 0.15) is 22.8 Å². The normalized spacial score (nSPS) is 12.2. The molecule has 26 heavy (non-hydrogen) atoms. The second-order valence-electron chi connectivity index (χ2n) is 5.40. The van der Waals surface area contributed by atoms with E-state index in [-0.39, 0.29) is 19.2 Å². The highest BCUT2D eigenvalue weighted by Crippen LogP contribution is 2.32. The van der Waals surface area contributed by atoms with E-state index >= 15 is 0 Å². The minimum atomic E-state index is -0.606. The Labute approximate surface area is 150 Å². The molecule has 0 aromatic heterocycles. The van der Waals surface area contributed by atoms with Crippen LogP contribution >= 0.6 is 0 Å². The second-order valence-corrected chi connectivity index (χ2v) is 5.40. The van der Waals surface area contributed by atoms with E-state index in [4.69, 9.17) is 18.9 Å². The zero-order valence-corrected chi connectivity index (χ0v) is 14.3. The summed E-state index contributed by atoms with van der Waals surface area (Å²) in [7, 11) is 0. The highest BCUT2D eigenvalue weighted by molar-refractivity contribution is 5.99. The lowest BCUT2D eigenvalue weighted by atomic mass is 10.1. The van der Waals surface area contributed by atoms with Crippen molar-refractivity contribution in [3.63, 3.8) is 0 Å². The number of benzene rings is 2. The number of ketones is 1. The van der Waals surface area contributed by atoms with Crippen molar-refractivity contribution in [2.75, 3.05) is 20.0 Å². The molecule has 0 N–H and O–H groups in total. The zero-order chi connectivity index (χ0) is 18.4. The largest absolute Gasteiger partial charge is 0.493 e. The van der Waals surface area contributed by atoms with Crippen molar-refractivity contribution in [3.05, 3.63) is 59.7 Å². The molecule has 0 fully saturated rings. The Morgan fingerprint density at radius 2 is 1.92 bits per heavy atom. The molecule has 0 amide bonds. The third-order valence-corrected chi connectivity index (χ3v) is 3.66. The van der Waals surface area contributed by atoms with Crippen molar-refractivity contribution in [2.45, 2.75) is 6.92 Å². The van der Waals surface area contributed by atoms with E-state index in [2.05, 4.69) is 0 Å². The molecule has 0 saturated heterocycles. The van der Waals surface area contributed by atoms with E-state index < -0.39 is 5.97 Å². The molecular weight excluding hydrogens is 336 g/mol. The van der Waals surface area contributed by atoms with Crippen LogP contribution in [-0.2, 0) is 9.53 Å². The van der Waals surface area contributed by atoms with Crippen LogP contribution in [0.25, 0.3) is 6.08 Å². The molecule has 3 rings (SSSR count). The van der Waals surface area contributed by atoms with Gasteiger partial charge >= 0.3 is 5.97 Å². The quantitative estimate of drug-likeness (QED) is 0.432. The van der Waals surface area contributed by atoms with Crippen LogP contribution in [-0.4, -0.2) is 31.8 Å². The Kier molecular flexibility index (Phi) is 5.53. The van der Waals surface area contributed by atoms with Gasteiger partial charge < -0.3 is 18.9 Å². The van der Waals surface area contributed by atoms with Crippen molar-refractivity contribution in [3.8, 4) is 17.2 Å². The third-order valence-electron chi connectivity index (χ3n) is 3.66. The molecular formula is C20H18O6. The molecule has 6 heteroatoms. The molecule has 134 valence electrons. The van der Waals surface area contributed by atoms with E-state index in [0.29, 0.717) is 29.4 Å². The number of carbonyl (C=O) groups is 2. The van der Waals surface area contributed by atoms with Gasteiger partial charge in [0.2, 0.25) is 6.79 Å².